The highest BCUT2D eigenvalue weighted by molar-refractivity contribution is 5.61. The third-order valence-electron chi connectivity index (χ3n) is 5.02. The monoisotopic (exact) mass is 396 g/mol. The van der Waals surface area contributed by atoms with Crippen LogP contribution in [-0.2, 0) is 0 Å². The normalized spacial score (nSPS) is 14.7. The quantitative estimate of drug-likeness (QED) is 0.641. The van der Waals surface area contributed by atoms with Gasteiger partial charge in [0.05, 0.1) is 6.20 Å². The molecule has 0 spiro atoms. The van der Waals surface area contributed by atoms with Gasteiger partial charge in [0.25, 0.3) is 0 Å². The van der Waals surface area contributed by atoms with Crippen molar-refractivity contribution in [2.24, 2.45) is 5.92 Å². The molecule has 1 saturated heterocycles. The van der Waals surface area contributed by atoms with Crippen LogP contribution >= 0.6 is 0 Å². The molecular weight excluding hydrogens is 374 g/mol. The van der Waals surface area contributed by atoms with Crippen molar-refractivity contribution < 1.29 is 8.78 Å². The fourth-order valence-corrected chi connectivity index (χ4v) is 3.29. The number of halogens is 2. The lowest BCUT2D eigenvalue weighted by Crippen LogP contribution is -2.32. The van der Waals surface area contributed by atoms with E-state index >= 15 is 0 Å². The Kier molecular flexibility index (Phi) is 5.50. The van der Waals surface area contributed by atoms with Crippen molar-refractivity contribution >= 4 is 28.8 Å². The predicted octanol–water partition coefficient (Wildman–Crippen LogP) is 4.87. The lowest BCUT2D eigenvalue weighted by molar-refractivity contribution is 0.438. The van der Waals surface area contributed by atoms with E-state index in [0.717, 1.165) is 36.8 Å². The number of aromatic nitrogens is 3. The molecule has 0 bridgehead atoms. The van der Waals surface area contributed by atoms with Crippen LogP contribution in [0, 0.1) is 17.6 Å². The van der Waals surface area contributed by atoms with Gasteiger partial charge in [-0.3, -0.25) is 0 Å². The van der Waals surface area contributed by atoms with Gasteiger partial charge in [0, 0.05) is 36.2 Å². The molecule has 0 saturated carbocycles. The SMILES string of the molecule is CC1CCN(c2ccc(Nc3nncc(Nc4ccc(F)c(F)c4)n3)cc2)CC1. The fraction of sp³-hybridized carbons (Fsp3) is 0.286. The van der Waals surface area contributed by atoms with Crippen molar-refractivity contribution in [3.63, 3.8) is 0 Å². The smallest absolute Gasteiger partial charge is 0.249 e. The molecule has 2 N–H and O–H groups in total. The molecular formula is C21H22F2N6. The van der Waals surface area contributed by atoms with Gasteiger partial charge in [-0.25, -0.2) is 8.78 Å². The van der Waals surface area contributed by atoms with Gasteiger partial charge >= 0.3 is 0 Å². The van der Waals surface area contributed by atoms with Crippen molar-refractivity contribution in [3.8, 4) is 0 Å². The molecule has 1 aromatic heterocycles. The summed E-state index contributed by atoms with van der Waals surface area (Å²) in [7, 11) is 0. The largest absolute Gasteiger partial charge is 0.372 e. The molecule has 8 heteroatoms. The Morgan fingerprint density at radius 3 is 2.38 bits per heavy atom. The van der Waals surface area contributed by atoms with Crippen LogP contribution < -0.4 is 15.5 Å². The van der Waals surface area contributed by atoms with Crippen molar-refractivity contribution in [1.29, 1.82) is 0 Å². The first-order valence-corrected chi connectivity index (χ1v) is 9.60. The molecule has 3 aromatic rings. The van der Waals surface area contributed by atoms with Gasteiger partial charge in [0.15, 0.2) is 17.5 Å². The molecule has 2 heterocycles. The highest BCUT2D eigenvalue weighted by Gasteiger charge is 2.15. The first-order valence-electron chi connectivity index (χ1n) is 9.60. The van der Waals surface area contributed by atoms with E-state index in [9.17, 15) is 8.78 Å². The third kappa shape index (κ3) is 4.77. The summed E-state index contributed by atoms with van der Waals surface area (Å²) >= 11 is 0. The minimum atomic E-state index is -0.932. The Balaban J connectivity index is 1.41. The standard InChI is InChI=1S/C21H22F2N6/c1-14-8-10-29(11-9-14)17-5-2-15(3-6-17)26-21-27-20(13-24-28-21)25-16-4-7-18(22)19(23)12-16/h2-7,12-14H,8-11H2,1H3,(H2,25,26,27,28). The Labute approximate surface area is 168 Å². The molecule has 29 heavy (non-hydrogen) atoms. The third-order valence-corrected chi connectivity index (χ3v) is 5.02. The van der Waals surface area contributed by atoms with Crippen molar-refractivity contribution in [2.45, 2.75) is 19.8 Å². The second kappa shape index (κ2) is 8.38. The van der Waals surface area contributed by atoms with E-state index in [1.165, 1.54) is 30.8 Å². The number of anilines is 5. The molecule has 0 aliphatic carbocycles. The van der Waals surface area contributed by atoms with Crippen molar-refractivity contribution in [2.75, 3.05) is 28.6 Å². The lowest BCUT2D eigenvalue weighted by atomic mass is 9.99. The van der Waals surface area contributed by atoms with Gasteiger partial charge in [0.1, 0.15) is 0 Å². The van der Waals surface area contributed by atoms with Crippen LogP contribution in [0.5, 0.6) is 0 Å². The average molecular weight is 396 g/mol. The molecule has 1 aliphatic heterocycles. The summed E-state index contributed by atoms with van der Waals surface area (Å²) in [4.78, 5) is 6.71. The maximum atomic E-state index is 13.4. The molecule has 4 rings (SSSR count). The topological polar surface area (TPSA) is 66.0 Å². The number of hydrogen-bond donors (Lipinski definition) is 2. The zero-order valence-corrected chi connectivity index (χ0v) is 16.1. The molecule has 1 aliphatic rings. The summed E-state index contributed by atoms with van der Waals surface area (Å²) < 4.78 is 26.4. The number of rotatable bonds is 5. The van der Waals surface area contributed by atoms with Crippen LogP contribution in [0.25, 0.3) is 0 Å². The van der Waals surface area contributed by atoms with Gasteiger partial charge in [-0.2, -0.15) is 10.1 Å². The van der Waals surface area contributed by atoms with Gasteiger partial charge in [0.2, 0.25) is 5.95 Å². The van der Waals surface area contributed by atoms with Crippen LogP contribution in [0.4, 0.5) is 37.6 Å². The number of hydrogen-bond acceptors (Lipinski definition) is 6. The molecule has 6 nitrogen and oxygen atoms in total. The molecule has 1 fully saturated rings. The van der Waals surface area contributed by atoms with Gasteiger partial charge in [-0.15, -0.1) is 5.10 Å². The summed E-state index contributed by atoms with van der Waals surface area (Å²) in [5.74, 6) is -0.367. The van der Waals surface area contributed by atoms with E-state index in [4.69, 9.17) is 0 Å². The Morgan fingerprint density at radius 2 is 1.66 bits per heavy atom. The number of nitrogens with one attached hydrogen (secondary N) is 2. The maximum Gasteiger partial charge on any atom is 0.249 e. The van der Waals surface area contributed by atoms with Gasteiger partial charge in [-0.1, -0.05) is 6.92 Å². The van der Waals surface area contributed by atoms with E-state index in [0.29, 0.717) is 17.5 Å². The minimum absolute atomic E-state index is 0.303. The lowest BCUT2D eigenvalue weighted by Gasteiger charge is -2.32. The summed E-state index contributed by atoms with van der Waals surface area (Å²) in [6.45, 7) is 4.46. The Bertz CT molecular complexity index is 971. The van der Waals surface area contributed by atoms with E-state index in [2.05, 4.69) is 49.8 Å². The first kappa shape index (κ1) is 19.0. The van der Waals surface area contributed by atoms with Crippen LogP contribution in [0.1, 0.15) is 19.8 Å². The molecule has 0 amide bonds. The molecule has 0 radical (unpaired) electrons. The van der Waals surface area contributed by atoms with Crippen LogP contribution in [0.3, 0.4) is 0 Å². The van der Waals surface area contributed by atoms with E-state index in [1.54, 1.807) is 0 Å². The van der Waals surface area contributed by atoms with Gasteiger partial charge in [-0.05, 0) is 55.2 Å². The maximum absolute atomic E-state index is 13.4. The zero-order chi connectivity index (χ0) is 20.2. The minimum Gasteiger partial charge on any atom is -0.372 e. The second-order valence-electron chi connectivity index (χ2n) is 7.26. The van der Waals surface area contributed by atoms with E-state index in [1.807, 2.05) is 12.1 Å². The highest BCUT2D eigenvalue weighted by atomic mass is 19.2. The van der Waals surface area contributed by atoms with Crippen LogP contribution in [-0.4, -0.2) is 28.3 Å². The van der Waals surface area contributed by atoms with E-state index in [-0.39, 0.29) is 0 Å². The van der Waals surface area contributed by atoms with Crippen LogP contribution in [0.15, 0.2) is 48.7 Å². The number of benzene rings is 2. The molecule has 2 aromatic carbocycles. The van der Waals surface area contributed by atoms with E-state index < -0.39 is 11.6 Å². The van der Waals surface area contributed by atoms with Crippen molar-refractivity contribution in [3.05, 3.63) is 60.3 Å². The second-order valence-corrected chi connectivity index (χ2v) is 7.26. The number of piperidine rings is 1. The van der Waals surface area contributed by atoms with Gasteiger partial charge < -0.3 is 15.5 Å². The van der Waals surface area contributed by atoms with Crippen LogP contribution in [0.2, 0.25) is 0 Å². The number of nitrogens with zero attached hydrogens (tertiary/aromatic N) is 4. The zero-order valence-electron chi connectivity index (χ0n) is 16.1. The summed E-state index contributed by atoms with van der Waals surface area (Å²) in [6.07, 6.45) is 3.85. The summed E-state index contributed by atoms with van der Waals surface area (Å²) in [6, 6.07) is 11.6. The Morgan fingerprint density at radius 1 is 0.931 bits per heavy atom. The molecule has 0 atom stereocenters. The summed E-state index contributed by atoms with van der Waals surface area (Å²) in [5, 5.41) is 13.9. The highest BCUT2D eigenvalue weighted by Crippen LogP contribution is 2.25. The molecule has 0 unspecified atom stereocenters. The average Bonchev–Trinajstić information content (AvgIpc) is 2.72. The predicted molar refractivity (Wildman–Crippen MR) is 110 cm³/mol. The first-order chi connectivity index (χ1) is 14.1. The van der Waals surface area contributed by atoms with Crippen molar-refractivity contribution in [1.82, 2.24) is 15.2 Å². The molecule has 150 valence electrons. The fourth-order valence-electron chi connectivity index (χ4n) is 3.29. The summed E-state index contributed by atoms with van der Waals surface area (Å²) in [5.41, 5.74) is 2.41. The Hall–Kier alpha value is -3.29.